The monoisotopic (exact) mass is 508 g/mol. The van der Waals surface area contributed by atoms with Crippen molar-refractivity contribution in [3.8, 4) is 17.2 Å². The van der Waals surface area contributed by atoms with Crippen molar-refractivity contribution in [1.29, 1.82) is 0 Å². The molecule has 1 aromatic carbocycles. The fourth-order valence-corrected chi connectivity index (χ4v) is 4.03. The summed E-state index contributed by atoms with van der Waals surface area (Å²) in [4.78, 5) is 9.19. The zero-order chi connectivity index (χ0) is 26.2. The SMILES string of the molecule is CCn1nc(C(F)(F)F)cc1-c1nc(-n2cnc3cc(Nc4ccc(C)nn4)ccc32)ccc1CCO. The molecule has 0 amide bonds. The van der Waals surface area contributed by atoms with Gasteiger partial charge in [0, 0.05) is 18.8 Å². The summed E-state index contributed by atoms with van der Waals surface area (Å²) in [5, 5.41) is 24.6. The molecule has 190 valence electrons. The molecular formula is C25H23F3N8O. The van der Waals surface area contributed by atoms with Crippen LogP contribution in [-0.4, -0.2) is 46.2 Å². The fourth-order valence-electron chi connectivity index (χ4n) is 4.03. The number of halogens is 3. The van der Waals surface area contributed by atoms with Crippen molar-refractivity contribution in [1.82, 2.24) is 34.5 Å². The second-order valence-electron chi connectivity index (χ2n) is 8.38. The van der Waals surface area contributed by atoms with E-state index in [0.717, 1.165) is 23.0 Å². The Hall–Kier alpha value is -4.32. The number of pyridine rings is 1. The number of benzene rings is 1. The largest absolute Gasteiger partial charge is 0.435 e. The molecule has 0 spiro atoms. The lowest BCUT2D eigenvalue weighted by Crippen LogP contribution is -2.08. The summed E-state index contributed by atoms with van der Waals surface area (Å²) in [6, 6.07) is 13.8. The van der Waals surface area contributed by atoms with E-state index in [4.69, 9.17) is 4.98 Å². The molecule has 0 aliphatic carbocycles. The van der Waals surface area contributed by atoms with Crippen LogP contribution in [0.25, 0.3) is 28.2 Å². The van der Waals surface area contributed by atoms with Crippen molar-refractivity contribution < 1.29 is 18.3 Å². The molecular weight excluding hydrogens is 485 g/mol. The summed E-state index contributed by atoms with van der Waals surface area (Å²) >= 11 is 0. The molecule has 37 heavy (non-hydrogen) atoms. The number of aryl methyl sites for hydroxylation is 2. The maximum absolute atomic E-state index is 13.4. The third kappa shape index (κ3) is 4.87. The Morgan fingerprint density at radius 3 is 2.57 bits per heavy atom. The molecule has 0 aliphatic rings. The van der Waals surface area contributed by atoms with Crippen LogP contribution in [0.5, 0.6) is 0 Å². The molecule has 0 fully saturated rings. The van der Waals surface area contributed by atoms with Gasteiger partial charge < -0.3 is 10.4 Å². The number of imidazole rings is 1. The smallest absolute Gasteiger partial charge is 0.396 e. The first-order valence-electron chi connectivity index (χ1n) is 11.6. The van der Waals surface area contributed by atoms with Crippen molar-refractivity contribution in [2.45, 2.75) is 33.0 Å². The summed E-state index contributed by atoms with van der Waals surface area (Å²) in [6.45, 7) is 3.63. The van der Waals surface area contributed by atoms with E-state index in [1.165, 1.54) is 4.68 Å². The summed E-state index contributed by atoms with van der Waals surface area (Å²) in [6.07, 6.45) is -2.74. The quantitative estimate of drug-likeness (QED) is 0.328. The number of fused-ring (bicyclic) bond motifs is 1. The molecule has 0 saturated heterocycles. The van der Waals surface area contributed by atoms with Crippen LogP contribution in [0.3, 0.4) is 0 Å². The predicted octanol–water partition coefficient (Wildman–Crippen LogP) is 4.70. The number of anilines is 2. The summed E-state index contributed by atoms with van der Waals surface area (Å²) in [5.41, 5.74) is 3.22. The standard InChI is InChI=1S/C25H23F3N8O/c1-3-36-20(13-21(34-36)25(26,27)28)24-16(10-11-37)5-9-23(31-24)35-14-29-18-12-17(6-7-19(18)35)30-22-8-4-15(2)32-33-22/h4-9,12-14,37H,3,10-11H2,1-2H3,(H,30,33). The molecule has 2 N–H and O–H groups in total. The molecule has 0 aliphatic heterocycles. The number of hydrogen-bond acceptors (Lipinski definition) is 7. The third-order valence-electron chi connectivity index (χ3n) is 5.82. The van der Waals surface area contributed by atoms with E-state index in [1.54, 1.807) is 30.0 Å². The Labute approximate surface area is 209 Å². The van der Waals surface area contributed by atoms with Crippen LogP contribution in [-0.2, 0) is 19.1 Å². The van der Waals surface area contributed by atoms with Crippen LogP contribution in [0, 0.1) is 6.92 Å². The highest BCUT2D eigenvalue weighted by Gasteiger charge is 2.35. The predicted molar refractivity (Wildman–Crippen MR) is 132 cm³/mol. The minimum Gasteiger partial charge on any atom is -0.396 e. The van der Waals surface area contributed by atoms with Crippen molar-refractivity contribution >= 4 is 22.5 Å². The van der Waals surface area contributed by atoms with E-state index in [-0.39, 0.29) is 25.3 Å². The van der Waals surface area contributed by atoms with Crippen molar-refractivity contribution in [2.75, 3.05) is 11.9 Å². The van der Waals surface area contributed by atoms with Gasteiger partial charge in [0.15, 0.2) is 11.5 Å². The summed E-state index contributed by atoms with van der Waals surface area (Å²) in [7, 11) is 0. The van der Waals surface area contributed by atoms with Crippen molar-refractivity contribution in [3.63, 3.8) is 0 Å². The maximum atomic E-state index is 13.4. The van der Waals surface area contributed by atoms with Crippen molar-refractivity contribution in [2.24, 2.45) is 0 Å². The molecule has 0 bridgehead atoms. The highest BCUT2D eigenvalue weighted by atomic mass is 19.4. The summed E-state index contributed by atoms with van der Waals surface area (Å²) in [5.74, 6) is 1.07. The van der Waals surface area contributed by atoms with E-state index in [9.17, 15) is 18.3 Å². The highest BCUT2D eigenvalue weighted by Crippen LogP contribution is 2.33. The van der Waals surface area contributed by atoms with Gasteiger partial charge in [0.05, 0.1) is 28.1 Å². The number of nitrogens with one attached hydrogen (secondary N) is 1. The topological polar surface area (TPSA) is 107 Å². The molecule has 0 unspecified atom stereocenters. The van der Waals surface area contributed by atoms with E-state index in [0.29, 0.717) is 28.4 Å². The third-order valence-corrected chi connectivity index (χ3v) is 5.82. The molecule has 9 nitrogen and oxygen atoms in total. The van der Waals surface area contributed by atoms with E-state index in [2.05, 4.69) is 25.6 Å². The van der Waals surface area contributed by atoms with Crippen LogP contribution < -0.4 is 5.32 Å². The van der Waals surface area contributed by atoms with Gasteiger partial charge in [0.2, 0.25) is 0 Å². The first-order valence-corrected chi connectivity index (χ1v) is 11.6. The average molecular weight is 509 g/mol. The highest BCUT2D eigenvalue weighted by molar-refractivity contribution is 5.82. The van der Waals surface area contributed by atoms with Crippen LogP contribution >= 0.6 is 0 Å². The van der Waals surface area contributed by atoms with Gasteiger partial charge in [0.1, 0.15) is 12.1 Å². The Morgan fingerprint density at radius 2 is 1.86 bits per heavy atom. The second kappa shape index (κ2) is 9.62. The lowest BCUT2D eigenvalue weighted by atomic mass is 10.1. The molecule has 12 heteroatoms. The molecule has 4 aromatic heterocycles. The number of aliphatic hydroxyl groups excluding tert-OH is 1. The van der Waals surface area contributed by atoms with Gasteiger partial charge in [-0.2, -0.15) is 23.4 Å². The Bertz CT molecular complexity index is 1560. The van der Waals surface area contributed by atoms with Crippen LogP contribution in [0.15, 0.2) is 54.9 Å². The lowest BCUT2D eigenvalue weighted by Gasteiger charge is -2.12. The molecule has 0 atom stereocenters. The lowest BCUT2D eigenvalue weighted by molar-refractivity contribution is -0.141. The van der Waals surface area contributed by atoms with Gasteiger partial charge >= 0.3 is 6.18 Å². The van der Waals surface area contributed by atoms with Gasteiger partial charge in [-0.15, -0.1) is 5.10 Å². The van der Waals surface area contributed by atoms with Crippen LogP contribution in [0.4, 0.5) is 24.7 Å². The number of alkyl halides is 3. The zero-order valence-corrected chi connectivity index (χ0v) is 20.0. The first kappa shape index (κ1) is 24.4. The minimum absolute atomic E-state index is 0.171. The summed E-state index contributed by atoms with van der Waals surface area (Å²) < 4.78 is 43.2. The Morgan fingerprint density at radius 1 is 1.03 bits per heavy atom. The number of rotatable bonds is 7. The Balaban J connectivity index is 1.55. The van der Waals surface area contributed by atoms with Gasteiger partial charge in [-0.25, -0.2) is 9.97 Å². The molecule has 5 rings (SSSR count). The number of aromatic nitrogens is 7. The van der Waals surface area contributed by atoms with E-state index < -0.39 is 11.9 Å². The van der Waals surface area contributed by atoms with E-state index >= 15 is 0 Å². The van der Waals surface area contributed by atoms with Crippen molar-refractivity contribution in [3.05, 3.63) is 71.8 Å². The number of hydrogen-bond donors (Lipinski definition) is 2. The van der Waals surface area contributed by atoms with Gasteiger partial charge in [0.25, 0.3) is 0 Å². The Kier molecular flexibility index (Phi) is 6.34. The molecule has 5 aromatic rings. The zero-order valence-electron chi connectivity index (χ0n) is 20.0. The first-order chi connectivity index (χ1) is 17.8. The van der Waals surface area contributed by atoms with Gasteiger partial charge in [-0.3, -0.25) is 9.25 Å². The second-order valence-corrected chi connectivity index (χ2v) is 8.38. The fraction of sp³-hybridized carbons (Fsp3) is 0.240. The van der Waals surface area contributed by atoms with E-state index in [1.807, 2.05) is 37.3 Å². The normalized spacial score (nSPS) is 11.8. The van der Waals surface area contributed by atoms with Gasteiger partial charge in [-0.1, -0.05) is 6.07 Å². The molecule has 4 heterocycles. The van der Waals surface area contributed by atoms with Gasteiger partial charge in [-0.05, 0) is 68.3 Å². The average Bonchev–Trinajstić information content (AvgIpc) is 3.50. The number of nitrogens with zero attached hydrogens (tertiary/aromatic N) is 7. The van der Waals surface area contributed by atoms with Crippen LogP contribution in [0.2, 0.25) is 0 Å². The van der Waals surface area contributed by atoms with Crippen LogP contribution in [0.1, 0.15) is 23.9 Å². The minimum atomic E-state index is -4.58. The molecule has 0 radical (unpaired) electrons. The maximum Gasteiger partial charge on any atom is 0.435 e. The number of aliphatic hydroxyl groups is 1. The molecule has 0 saturated carbocycles.